The number of piperidine rings is 1. The van der Waals surface area contributed by atoms with E-state index in [2.05, 4.69) is 5.32 Å². The van der Waals surface area contributed by atoms with Gasteiger partial charge in [-0.25, -0.2) is 9.69 Å². The van der Waals surface area contributed by atoms with E-state index < -0.39 is 35.2 Å². The monoisotopic (exact) mass is 322 g/mol. The molecule has 5 nitrogen and oxygen atoms in total. The third kappa shape index (κ3) is 3.21. The quantitative estimate of drug-likeness (QED) is 0.744. The summed E-state index contributed by atoms with van der Waals surface area (Å²) in [6.45, 7) is 5.59. The molecule has 1 N–H and O–H groups in total. The largest absolute Gasteiger partial charge is 0.443 e. The molecule has 1 spiro atoms. The molecule has 126 valence electrons. The number of hydrogen-bond donors (Lipinski definition) is 1. The lowest BCUT2D eigenvalue weighted by Crippen LogP contribution is -2.49. The number of halogens is 3. The second-order valence-corrected chi connectivity index (χ2v) is 6.95. The third-order valence-corrected chi connectivity index (χ3v) is 4.10. The van der Waals surface area contributed by atoms with E-state index in [4.69, 9.17) is 4.74 Å². The maximum Gasteiger partial charge on any atom is 0.417 e. The van der Waals surface area contributed by atoms with E-state index in [1.807, 2.05) is 0 Å². The number of hydrogen-bond acceptors (Lipinski definition) is 4. The van der Waals surface area contributed by atoms with Gasteiger partial charge >= 0.3 is 12.3 Å². The number of imide groups is 1. The number of alkyl halides is 3. The minimum atomic E-state index is -4.65. The Labute approximate surface area is 127 Å². The van der Waals surface area contributed by atoms with Crippen LogP contribution in [0.15, 0.2) is 0 Å². The Morgan fingerprint density at radius 2 is 1.82 bits per heavy atom. The Morgan fingerprint density at radius 1 is 1.27 bits per heavy atom. The molecular formula is C14H21F3N2O3. The van der Waals surface area contributed by atoms with Crippen LogP contribution in [0, 0.1) is 5.41 Å². The topological polar surface area (TPSA) is 58.6 Å². The van der Waals surface area contributed by atoms with E-state index >= 15 is 0 Å². The summed E-state index contributed by atoms with van der Waals surface area (Å²) in [5, 5.41) is 3.02. The van der Waals surface area contributed by atoms with E-state index in [0.29, 0.717) is 25.9 Å². The van der Waals surface area contributed by atoms with Crippen molar-refractivity contribution >= 4 is 12.0 Å². The van der Waals surface area contributed by atoms with Crippen molar-refractivity contribution in [3.63, 3.8) is 0 Å². The summed E-state index contributed by atoms with van der Waals surface area (Å²) in [5.74, 6) is -0.759. The van der Waals surface area contributed by atoms with E-state index in [9.17, 15) is 22.8 Å². The second kappa shape index (κ2) is 5.40. The van der Waals surface area contributed by atoms with Crippen molar-refractivity contribution in [2.75, 3.05) is 13.1 Å². The molecule has 2 aliphatic rings. The molecule has 0 aromatic rings. The molecule has 0 saturated carbocycles. The summed E-state index contributed by atoms with van der Waals surface area (Å²) in [5.41, 5.74) is -2.07. The number of rotatable bonds is 0. The molecule has 0 aromatic heterocycles. The van der Waals surface area contributed by atoms with Crippen LogP contribution >= 0.6 is 0 Å². The molecule has 22 heavy (non-hydrogen) atoms. The highest BCUT2D eigenvalue weighted by Gasteiger charge is 2.62. The Kier molecular flexibility index (Phi) is 4.18. The summed E-state index contributed by atoms with van der Waals surface area (Å²) < 4.78 is 44.9. The molecule has 2 fully saturated rings. The Balaban J connectivity index is 2.31. The third-order valence-electron chi connectivity index (χ3n) is 4.10. The molecular weight excluding hydrogens is 301 g/mol. The van der Waals surface area contributed by atoms with Gasteiger partial charge in [-0.05, 0) is 53.1 Å². The van der Waals surface area contributed by atoms with Crippen molar-refractivity contribution < 1.29 is 27.5 Å². The van der Waals surface area contributed by atoms with Gasteiger partial charge in [0.25, 0.3) is 0 Å². The summed E-state index contributed by atoms with van der Waals surface area (Å²) in [7, 11) is 0. The molecule has 1 atom stereocenters. The van der Waals surface area contributed by atoms with E-state index in [1.165, 1.54) is 0 Å². The van der Waals surface area contributed by atoms with Gasteiger partial charge in [-0.1, -0.05) is 0 Å². The van der Waals surface area contributed by atoms with Crippen LogP contribution in [0.2, 0.25) is 0 Å². The van der Waals surface area contributed by atoms with Gasteiger partial charge in [0, 0.05) is 0 Å². The molecule has 2 saturated heterocycles. The average Bonchev–Trinajstić information content (AvgIpc) is 2.62. The predicted molar refractivity (Wildman–Crippen MR) is 72.1 cm³/mol. The molecule has 2 aliphatic heterocycles. The maximum absolute atomic E-state index is 13.3. The van der Waals surface area contributed by atoms with Gasteiger partial charge < -0.3 is 10.1 Å². The number of nitrogens with one attached hydrogen (secondary N) is 1. The molecule has 0 aliphatic carbocycles. The average molecular weight is 322 g/mol. The minimum absolute atomic E-state index is 0.288. The van der Waals surface area contributed by atoms with Gasteiger partial charge in [0.05, 0.1) is 5.41 Å². The lowest BCUT2D eigenvalue weighted by Gasteiger charge is -2.31. The first-order valence-electron chi connectivity index (χ1n) is 7.30. The minimum Gasteiger partial charge on any atom is -0.443 e. The number of ether oxygens (including phenoxy) is 1. The summed E-state index contributed by atoms with van der Waals surface area (Å²) in [6.07, 6.45) is -5.64. The number of nitrogens with zero attached hydrogens (tertiary/aromatic N) is 1. The highest BCUT2D eigenvalue weighted by Crippen LogP contribution is 2.48. The van der Waals surface area contributed by atoms with Gasteiger partial charge in [0.2, 0.25) is 5.91 Å². The van der Waals surface area contributed by atoms with Crippen LogP contribution < -0.4 is 5.32 Å². The van der Waals surface area contributed by atoms with Crippen molar-refractivity contribution in [1.29, 1.82) is 0 Å². The van der Waals surface area contributed by atoms with Crippen molar-refractivity contribution in [2.45, 2.75) is 57.9 Å². The van der Waals surface area contributed by atoms with Gasteiger partial charge in [-0.15, -0.1) is 0 Å². The molecule has 2 heterocycles. The SMILES string of the molecule is CC(C)(C)OC(=O)N1C(=O)C2(CCNCC2)C[C@@H]1C(F)(F)F. The van der Waals surface area contributed by atoms with Crippen LogP contribution in [0.3, 0.4) is 0 Å². The first kappa shape index (κ1) is 17.1. The van der Waals surface area contributed by atoms with Gasteiger partial charge in [0.15, 0.2) is 0 Å². The first-order chi connectivity index (χ1) is 9.96. The Hall–Kier alpha value is -1.31. The maximum atomic E-state index is 13.3. The van der Waals surface area contributed by atoms with E-state index in [1.54, 1.807) is 20.8 Å². The van der Waals surface area contributed by atoms with Crippen LogP contribution in [0.5, 0.6) is 0 Å². The number of carbonyl (C=O) groups is 2. The zero-order valence-electron chi connectivity index (χ0n) is 12.9. The van der Waals surface area contributed by atoms with Crippen molar-refractivity contribution in [2.24, 2.45) is 5.41 Å². The zero-order valence-corrected chi connectivity index (χ0v) is 12.9. The van der Waals surface area contributed by atoms with Gasteiger partial charge in [0.1, 0.15) is 11.6 Å². The van der Waals surface area contributed by atoms with Crippen LogP contribution in [-0.4, -0.2) is 47.8 Å². The fourth-order valence-corrected chi connectivity index (χ4v) is 3.05. The molecule has 2 amide bonds. The van der Waals surface area contributed by atoms with Crippen molar-refractivity contribution in [1.82, 2.24) is 10.2 Å². The molecule has 8 heteroatoms. The summed E-state index contributed by atoms with van der Waals surface area (Å²) >= 11 is 0. The smallest absolute Gasteiger partial charge is 0.417 e. The van der Waals surface area contributed by atoms with Crippen molar-refractivity contribution in [3.8, 4) is 0 Å². The summed E-state index contributed by atoms with van der Waals surface area (Å²) in [6, 6.07) is -2.10. The lowest BCUT2D eigenvalue weighted by atomic mass is 9.76. The van der Waals surface area contributed by atoms with E-state index in [0.717, 1.165) is 0 Å². The molecule has 0 unspecified atom stereocenters. The standard InChI is InChI=1S/C14H21F3N2O3/c1-12(2,3)22-11(21)19-9(14(15,16)17)8-13(10(19)20)4-6-18-7-5-13/h9,18H,4-8H2,1-3H3/t9-/m1/s1. The second-order valence-electron chi connectivity index (χ2n) is 6.95. The molecule has 0 aromatic carbocycles. The highest BCUT2D eigenvalue weighted by molar-refractivity contribution is 5.98. The zero-order chi connectivity index (χ0) is 16.8. The fourth-order valence-electron chi connectivity index (χ4n) is 3.05. The molecule has 2 rings (SSSR count). The van der Waals surface area contributed by atoms with Crippen molar-refractivity contribution in [3.05, 3.63) is 0 Å². The number of carbonyl (C=O) groups excluding carboxylic acids is 2. The van der Waals surface area contributed by atoms with Gasteiger partial charge in [-0.3, -0.25) is 4.79 Å². The number of likely N-dealkylation sites (tertiary alicyclic amines) is 1. The predicted octanol–water partition coefficient (Wildman–Crippen LogP) is 2.45. The Morgan fingerprint density at radius 3 is 2.27 bits per heavy atom. The van der Waals surface area contributed by atoms with Gasteiger partial charge in [-0.2, -0.15) is 13.2 Å². The van der Waals surface area contributed by atoms with Crippen LogP contribution in [-0.2, 0) is 9.53 Å². The first-order valence-corrected chi connectivity index (χ1v) is 7.30. The van der Waals surface area contributed by atoms with Crippen LogP contribution in [0.4, 0.5) is 18.0 Å². The summed E-state index contributed by atoms with van der Waals surface area (Å²) in [4.78, 5) is 25.0. The van der Waals surface area contributed by atoms with E-state index in [-0.39, 0.29) is 11.3 Å². The highest BCUT2D eigenvalue weighted by atomic mass is 19.4. The number of amides is 2. The Bertz CT molecular complexity index is 465. The van der Waals surface area contributed by atoms with Crippen LogP contribution in [0.1, 0.15) is 40.0 Å². The molecule has 0 radical (unpaired) electrons. The van der Waals surface area contributed by atoms with Crippen LogP contribution in [0.25, 0.3) is 0 Å². The normalized spacial score (nSPS) is 25.6. The fraction of sp³-hybridized carbons (Fsp3) is 0.857. The lowest BCUT2D eigenvalue weighted by molar-refractivity contribution is -0.177. The molecule has 0 bridgehead atoms.